The fraction of sp³-hybridized carbons (Fsp3) is 0.276. The molecule has 1 unspecified atom stereocenters. The lowest BCUT2D eigenvalue weighted by Gasteiger charge is -2.30. The number of halogens is 1. The van der Waals surface area contributed by atoms with E-state index in [2.05, 4.69) is 10.6 Å². The van der Waals surface area contributed by atoms with Gasteiger partial charge in [0.2, 0.25) is 5.91 Å². The zero-order chi connectivity index (χ0) is 27.1. The highest BCUT2D eigenvalue weighted by Crippen LogP contribution is 2.32. The van der Waals surface area contributed by atoms with Gasteiger partial charge < -0.3 is 15.4 Å². The maximum atomic E-state index is 14.3. The summed E-state index contributed by atoms with van der Waals surface area (Å²) >= 11 is 0. The third-order valence-corrected chi connectivity index (χ3v) is 6.15. The van der Waals surface area contributed by atoms with Gasteiger partial charge in [0.25, 0.3) is 5.91 Å². The number of benzene rings is 3. The van der Waals surface area contributed by atoms with E-state index in [1.165, 1.54) is 19.2 Å². The predicted octanol–water partition coefficient (Wildman–Crippen LogP) is 6.06. The van der Waals surface area contributed by atoms with Crippen LogP contribution < -0.4 is 15.4 Å². The van der Waals surface area contributed by atoms with Crippen molar-refractivity contribution in [1.82, 2.24) is 10.2 Å². The van der Waals surface area contributed by atoms with Crippen LogP contribution in [0.5, 0.6) is 5.75 Å². The van der Waals surface area contributed by atoms with Gasteiger partial charge >= 0.3 is 6.03 Å². The molecule has 0 saturated carbocycles. The van der Waals surface area contributed by atoms with E-state index < -0.39 is 41.7 Å². The number of rotatable bonds is 7. The largest absolute Gasteiger partial charge is 0.494 e. The quantitative estimate of drug-likeness (QED) is 0.379. The zero-order valence-corrected chi connectivity index (χ0v) is 21.6. The number of ether oxygens (including phenoxy) is 1. The molecule has 198 valence electrons. The van der Waals surface area contributed by atoms with Crippen molar-refractivity contribution in [2.45, 2.75) is 45.7 Å². The van der Waals surface area contributed by atoms with Gasteiger partial charge in [0.15, 0.2) is 11.6 Å². The molecule has 0 aliphatic carbocycles. The van der Waals surface area contributed by atoms with Gasteiger partial charge in [-0.05, 0) is 42.3 Å². The lowest BCUT2D eigenvalue weighted by Crippen LogP contribution is -2.50. The lowest BCUT2D eigenvalue weighted by molar-refractivity contribution is -0.134. The molecule has 0 radical (unpaired) electrons. The number of anilines is 1. The molecular weight excluding hydrogens is 473 g/mol. The van der Waals surface area contributed by atoms with Crippen LogP contribution in [0.3, 0.4) is 0 Å². The molecule has 0 aromatic heterocycles. The van der Waals surface area contributed by atoms with Crippen LogP contribution in [-0.4, -0.2) is 35.9 Å². The summed E-state index contributed by atoms with van der Waals surface area (Å²) in [6.07, 6.45) is 0. The van der Waals surface area contributed by atoms with Gasteiger partial charge in [-0.2, -0.15) is 0 Å². The van der Waals surface area contributed by atoms with Crippen LogP contribution in [0.15, 0.2) is 72.8 Å². The maximum absolute atomic E-state index is 14.3. The number of nitrogens with one attached hydrogen (secondary N) is 2. The average molecular weight is 510 g/mol. The summed E-state index contributed by atoms with van der Waals surface area (Å²) in [5.41, 5.74) is 2.62. The van der Waals surface area contributed by atoms with Crippen molar-refractivity contribution < 1.29 is 26.4 Å². The van der Waals surface area contributed by atoms with E-state index in [0.717, 1.165) is 22.1 Å². The Morgan fingerprint density at radius 2 is 1.70 bits per heavy atom. The molecule has 1 fully saturated rings. The van der Waals surface area contributed by atoms with E-state index in [1.807, 2.05) is 63.2 Å². The minimum Gasteiger partial charge on any atom is -0.494 e. The highest BCUT2D eigenvalue weighted by Gasteiger charge is 2.47. The monoisotopic (exact) mass is 509 g/mol. The first-order chi connectivity index (χ1) is 17.8. The van der Waals surface area contributed by atoms with Gasteiger partial charge in [-0.3, -0.25) is 9.59 Å². The van der Waals surface area contributed by atoms with E-state index in [9.17, 15) is 18.8 Å². The second-order valence-electron chi connectivity index (χ2n) is 8.48. The van der Waals surface area contributed by atoms with E-state index in [0.29, 0.717) is 5.69 Å². The van der Waals surface area contributed by atoms with Gasteiger partial charge in [0, 0.05) is 14.5 Å². The van der Waals surface area contributed by atoms with Crippen LogP contribution in [0.2, 0.25) is 0 Å². The number of imide groups is 1. The number of nitrogens with zero attached hydrogens (tertiary/aromatic N) is 1. The summed E-state index contributed by atoms with van der Waals surface area (Å²) in [5, 5.41) is 5.43. The van der Waals surface area contributed by atoms with Crippen LogP contribution in [0.1, 0.15) is 52.3 Å². The number of hydrogen-bond acceptors (Lipinski definition) is 4. The van der Waals surface area contributed by atoms with Gasteiger partial charge in [0.1, 0.15) is 12.1 Å². The molecule has 7 nitrogen and oxygen atoms in total. The van der Waals surface area contributed by atoms with Crippen molar-refractivity contribution in [2.75, 3.05) is 12.4 Å². The van der Waals surface area contributed by atoms with Crippen LogP contribution in [0.25, 0.3) is 0 Å². The number of carbonyl (C=O) groups is 3. The second kappa shape index (κ2) is 12.2. The molecule has 1 saturated heterocycles. The summed E-state index contributed by atoms with van der Waals surface area (Å²) in [5.74, 6) is -2.28. The molecule has 1 aliphatic rings. The van der Waals surface area contributed by atoms with E-state index in [4.69, 9.17) is 4.74 Å². The summed E-state index contributed by atoms with van der Waals surface area (Å²) in [7, 11) is 1.34. The summed E-state index contributed by atoms with van der Waals surface area (Å²) in [6, 6.07) is 17.5. The molecular formula is C29H36FN3O4. The third-order valence-electron chi connectivity index (χ3n) is 6.15. The summed E-state index contributed by atoms with van der Waals surface area (Å²) in [6.45, 7) is 7.72. The van der Waals surface area contributed by atoms with Gasteiger partial charge in [-0.1, -0.05) is 74.9 Å². The predicted molar refractivity (Wildman–Crippen MR) is 145 cm³/mol. The first-order valence-corrected chi connectivity index (χ1v) is 12.2. The molecule has 3 aromatic rings. The Kier molecular flexibility index (Phi) is 9.00. The Balaban J connectivity index is 0.00000186. The number of carbonyl (C=O) groups excluding carboxylic acids is 3. The van der Waals surface area contributed by atoms with Crippen LogP contribution in [0, 0.1) is 12.7 Å². The number of amides is 4. The zero-order valence-electron chi connectivity index (χ0n) is 21.6. The Morgan fingerprint density at radius 1 is 1.05 bits per heavy atom. The standard InChI is InChI=1S/C27H26FN3O4.C2H6.2H2/c1-16-9-12-20(13-10-16)29-25(32)24(17(2)18-7-5-4-6-8-18)31-26(33)23(30-27(31)34)19-11-14-22(35-3)21(28)15-19;1-2;;/h4-15,17,23-24H,1-3H3,(H,29,32)(H,30,34);1-2H3;2*1H/t17-,23?,24-;;;/m0.../s1. The summed E-state index contributed by atoms with van der Waals surface area (Å²) < 4.78 is 19.2. The smallest absolute Gasteiger partial charge is 0.325 e. The Bertz CT molecular complexity index is 1260. The number of aryl methyl sites for hydroxylation is 1. The SMILES string of the molecule is CC.COc1ccc(C2NC(=O)N([C@H](C(=O)Nc3ccc(C)cc3)[C@@H](C)c3ccccc3)C2=O)cc1F.[HH].[HH]. The van der Waals surface area contributed by atoms with Crippen LogP contribution in [0.4, 0.5) is 14.9 Å². The van der Waals surface area contributed by atoms with Gasteiger partial charge in [-0.15, -0.1) is 0 Å². The average Bonchev–Trinajstić information content (AvgIpc) is 3.20. The molecule has 1 aliphatic heterocycles. The van der Waals surface area contributed by atoms with E-state index >= 15 is 0 Å². The van der Waals surface area contributed by atoms with Crippen LogP contribution >= 0.6 is 0 Å². The van der Waals surface area contributed by atoms with Crippen molar-refractivity contribution in [3.05, 3.63) is 95.3 Å². The third kappa shape index (κ3) is 5.97. The maximum Gasteiger partial charge on any atom is 0.325 e. The van der Waals surface area contributed by atoms with Crippen LogP contribution in [-0.2, 0) is 9.59 Å². The molecule has 4 rings (SSSR count). The highest BCUT2D eigenvalue weighted by atomic mass is 19.1. The highest BCUT2D eigenvalue weighted by molar-refractivity contribution is 6.09. The Hall–Kier alpha value is -4.20. The molecule has 0 bridgehead atoms. The Labute approximate surface area is 219 Å². The van der Waals surface area contributed by atoms with E-state index in [-0.39, 0.29) is 14.2 Å². The molecule has 0 spiro atoms. The molecule has 37 heavy (non-hydrogen) atoms. The van der Waals surface area contributed by atoms with Gasteiger partial charge in [0.05, 0.1) is 7.11 Å². The van der Waals surface area contributed by atoms with Crippen molar-refractivity contribution in [3.8, 4) is 5.75 Å². The van der Waals surface area contributed by atoms with Crippen molar-refractivity contribution >= 4 is 23.5 Å². The molecule has 8 heteroatoms. The molecule has 2 N–H and O–H groups in total. The van der Waals surface area contributed by atoms with Crippen molar-refractivity contribution in [2.24, 2.45) is 0 Å². The number of hydrogen-bond donors (Lipinski definition) is 2. The lowest BCUT2D eigenvalue weighted by atomic mass is 9.91. The van der Waals surface area contributed by atoms with Crippen molar-refractivity contribution in [1.29, 1.82) is 0 Å². The Morgan fingerprint density at radius 3 is 2.30 bits per heavy atom. The van der Waals surface area contributed by atoms with E-state index in [1.54, 1.807) is 19.1 Å². The molecule has 4 amide bonds. The molecule has 3 atom stereocenters. The first-order valence-electron chi connectivity index (χ1n) is 12.2. The van der Waals surface area contributed by atoms with Crippen molar-refractivity contribution in [3.63, 3.8) is 0 Å². The number of methoxy groups -OCH3 is 1. The summed E-state index contributed by atoms with van der Waals surface area (Å²) in [4.78, 5) is 41.0. The molecule has 3 aromatic carbocycles. The normalized spacial score (nSPS) is 16.3. The first kappa shape index (κ1) is 27.4. The fourth-order valence-electron chi connectivity index (χ4n) is 4.21. The van der Waals surface area contributed by atoms with Gasteiger partial charge in [-0.25, -0.2) is 14.1 Å². The minimum absolute atomic E-state index is 0. The topological polar surface area (TPSA) is 87.7 Å². The minimum atomic E-state index is -1.14. The number of urea groups is 1. The second-order valence-corrected chi connectivity index (χ2v) is 8.48. The molecule has 1 heterocycles. The fourth-order valence-corrected chi connectivity index (χ4v) is 4.21.